The normalized spacial score (nSPS) is 11.1. The maximum Gasteiger partial charge on any atom is 0.341 e. The molecule has 28 heavy (non-hydrogen) atoms. The average molecular weight is 456 g/mol. The second kappa shape index (κ2) is 9.48. The lowest BCUT2D eigenvalue weighted by molar-refractivity contribution is -0.112. The fraction of sp³-hybridized carbons (Fsp3) is 0.0909. The molecule has 1 N–H and O–H groups in total. The summed E-state index contributed by atoms with van der Waals surface area (Å²) in [5, 5.41) is 3.28. The van der Waals surface area contributed by atoms with Gasteiger partial charge >= 0.3 is 5.97 Å². The van der Waals surface area contributed by atoms with Gasteiger partial charge in [0.1, 0.15) is 5.00 Å². The number of anilines is 1. The maximum absolute atomic E-state index is 12.6. The van der Waals surface area contributed by atoms with Crippen molar-refractivity contribution in [3.63, 3.8) is 0 Å². The molecule has 0 aliphatic heterocycles. The van der Waals surface area contributed by atoms with Crippen molar-refractivity contribution < 1.29 is 14.3 Å². The molecule has 0 radical (unpaired) electrons. The first-order valence-corrected chi connectivity index (χ1v) is 10.3. The van der Waals surface area contributed by atoms with Gasteiger partial charge < -0.3 is 10.1 Å². The molecule has 2 aromatic carbocycles. The first kappa shape index (κ1) is 20.0. The Hall–Kier alpha value is -2.70. The summed E-state index contributed by atoms with van der Waals surface area (Å²) < 4.78 is 5.51. The van der Waals surface area contributed by atoms with Crippen LogP contribution in [0.5, 0.6) is 0 Å². The van der Waals surface area contributed by atoms with E-state index in [1.54, 1.807) is 19.1 Å². The van der Waals surface area contributed by atoms with Gasteiger partial charge in [0.2, 0.25) is 0 Å². The average Bonchev–Trinajstić information content (AvgIpc) is 3.13. The van der Waals surface area contributed by atoms with Gasteiger partial charge in [-0.05, 0) is 46.1 Å². The van der Waals surface area contributed by atoms with Crippen LogP contribution in [0.1, 0.15) is 22.8 Å². The second-order valence-electron chi connectivity index (χ2n) is 5.80. The lowest BCUT2D eigenvalue weighted by atomic mass is 10.1. The van der Waals surface area contributed by atoms with E-state index in [1.165, 1.54) is 11.3 Å². The first-order valence-electron chi connectivity index (χ1n) is 8.68. The third-order valence-electron chi connectivity index (χ3n) is 3.82. The number of hydrogen-bond acceptors (Lipinski definition) is 4. The number of rotatable bonds is 6. The van der Waals surface area contributed by atoms with E-state index >= 15 is 0 Å². The molecule has 0 aliphatic carbocycles. The van der Waals surface area contributed by atoms with Crippen LogP contribution in [-0.4, -0.2) is 18.5 Å². The van der Waals surface area contributed by atoms with Crippen LogP contribution in [0.15, 0.2) is 71.2 Å². The Labute approximate surface area is 176 Å². The number of hydrogen-bond donors (Lipinski definition) is 1. The number of carbonyl (C=O) groups excluding carboxylic acids is 2. The summed E-state index contributed by atoms with van der Waals surface area (Å²) in [4.78, 5) is 25.9. The molecule has 142 valence electrons. The van der Waals surface area contributed by atoms with E-state index in [4.69, 9.17) is 4.74 Å². The summed E-state index contributed by atoms with van der Waals surface area (Å²) in [5.41, 5.74) is 2.21. The minimum absolute atomic E-state index is 0.264. The van der Waals surface area contributed by atoms with Crippen molar-refractivity contribution in [2.24, 2.45) is 0 Å². The van der Waals surface area contributed by atoms with Gasteiger partial charge in [-0.25, -0.2) is 4.79 Å². The number of carbonyl (C=O) groups is 2. The Kier molecular flexibility index (Phi) is 6.79. The fourth-order valence-corrected chi connectivity index (χ4v) is 3.92. The molecule has 4 nitrogen and oxygen atoms in total. The summed E-state index contributed by atoms with van der Waals surface area (Å²) in [5.74, 6) is -0.796. The van der Waals surface area contributed by atoms with Crippen molar-refractivity contribution >= 4 is 50.2 Å². The van der Waals surface area contributed by atoms with Crippen molar-refractivity contribution in [1.82, 2.24) is 0 Å². The van der Waals surface area contributed by atoms with Crippen LogP contribution in [0.3, 0.4) is 0 Å². The molecule has 0 saturated heterocycles. The molecule has 0 fully saturated rings. The van der Waals surface area contributed by atoms with E-state index in [1.807, 2.05) is 60.7 Å². The molecule has 0 atom stereocenters. The van der Waals surface area contributed by atoms with E-state index < -0.39 is 5.97 Å². The van der Waals surface area contributed by atoms with E-state index in [-0.39, 0.29) is 12.5 Å². The van der Waals surface area contributed by atoms with Crippen molar-refractivity contribution in [3.05, 3.63) is 82.3 Å². The second-order valence-corrected chi connectivity index (χ2v) is 7.70. The van der Waals surface area contributed by atoms with E-state index in [0.717, 1.165) is 16.0 Å². The summed E-state index contributed by atoms with van der Waals surface area (Å²) in [6.45, 7) is 2.01. The highest BCUT2D eigenvalue weighted by Gasteiger charge is 2.20. The summed E-state index contributed by atoms with van der Waals surface area (Å²) in [6.07, 6.45) is 1.73. The highest BCUT2D eigenvalue weighted by Crippen LogP contribution is 2.36. The van der Waals surface area contributed by atoms with Crippen molar-refractivity contribution in [3.8, 4) is 10.4 Å². The number of thiophene rings is 1. The highest BCUT2D eigenvalue weighted by molar-refractivity contribution is 9.12. The number of ether oxygens (including phenoxy) is 1. The molecular formula is C22H18BrNO3S. The van der Waals surface area contributed by atoms with Gasteiger partial charge in [0.15, 0.2) is 0 Å². The minimum atomic E-state index is -0.459. The Bertz CT molecular complexity index is 997. The Morgan fingerprint density at radius 2 is 1.71 bits per heavy atom. The molecule has 1 amide bonds. The highest BCUT2D eigenvalue weighted by atomic mass is 79.9. The van der Waals surface area contributed by atoms with Crippen LogP contribution in [0, 0.1) is 0 Å². The van der Waals surface area contributed by atoms with Gasteiger partial charge in [-0.2, -0.15) is 0 Å². The largest absolute Gasteiger partial charge is 0.462 e. The van der Waals surface area contributed by atoms with Crippen LogP contribution in [-0.2, 0) is 9.53 Å². The Balaban J connectivity index is 1.89. The third kappa shape index (κ3) is 4.97. The number of amides is 1. The van der Waals surface area contributed by atoms with Gasteiger partial charge in [-0.15, -0.1) is 11.3 Å². The predicted octanol–water partition coefficient (Wildman–Crippen LogP) is 5.97. The SMILES string of the molecule is CCOC(=O)c1cc(-c2ccccc2)sc1NC(=O)C(Br)=Cc1ccccc1. The van der Waals surface area contributed by atoms with Crippen LogP contribution in [0.25, 0.3) is 16.5 Å². The van der Waals surface area contributed by atoms with Crippen LogP contribution in [0.4, 0.5) is 5.00 Å². The van der Waals surface area contributed by atoms with Crippen LogP contribution >= 0.6 is 27.3 Å². The Morgan fingerprint density at radius 1 is 1.07 bits per heavy atom. The van der Waals surface area contributed by atoms with Gasteiger partial charge in [0, 0.05) is 4.88 Å². The molecule has 3 aromatic rings. The molecule has 0 unspecified atom stereocenters. The zero-order valence-corrected chi connectivity index (χ0v) is 17.5. The molecule has 0 spiro atoms. The van der Waals surface area contributed by atoms with Crippen molar-refractivity contribution in [1.29, 1.82) is 0 Å². The van der Waals surface area contributed by atoms with Gasteiger partial charge in [-0.3, -0.25) is 4.79 Å². The number of nitrogens with one attached hydrogen (secondary N) is 1. The third-order valence-corrected chi connectivity index (χ3v) is 5.51. The molecular weight excluding hydrogens is 438 g/mol. The molecule has 0 bridgehead atoms. The Morgan fingerprint density at radius 3 is 2.36 bits per heavy atom. The smallest absolute Gasteiger partial charge is 0.341 e. The van der Waals surface area contributed by atoms with Crippen molar-refractivity contribution in [2.75, 3.05) is 11.9 Å². The zero-order valence-electron chi connectivity index (χ0n) is 15.1. The fourth-order valence-electron chi connectivity index (χ4n) is 2.51. The molecule has 6 heteroatoms. The molecule has 1 heterocycles. The summed E-state index contributed by atoms with van der Waals surface area (Å²) in [6, 6.07) is 21.0. The number of halogens is 1. The first-order chi connectivity index (χ1) is 13.6. The minimum Gasteiger partial charge on any atom is -0.462 e. The van der Waals surface area contributed by atoms with Crippen LogP contribution < -0.4 is 5.32 Å². The summed E-state index contributed by atoms with van der Waals surface area (Å²) in [7, 11) is 0. The standard InChI is InChI=1S/C22H18BrNO3S/c1-2-27-22(26)17-14-19(16-11-7-4-8-12-16)28-21(17)24-20(25)18(23)13-15-9-5-3-6-10-15/h3-14H,2H2,1H3,(H,24,25). The molecule has 0 saturated carbocycles. The topological polar surface area (TPSA) is 55.4 Å². The quantitative estimate of drug-likeness (QED) is 0.368. The van der Waals surface area contributed by atoms with Crippen molar-refractivity contribution in [2.45, 2.75) is 6.92 Å². The van der Waals surface area contributed by atoms with E-state index in [9.17, 15) is 9.59 Å². The van der Waals surface area contributed by atoms with Crippen LogP contribution in [0.2, 0.25) is 0 Å². The lowest BCUT2D eigenvalue weighted by Gasteiger charge is -2.05. The predicted molar refractivity (Wildman–Crippen MR) is 118 cm³/mol. The lowest BCUT2D eigenvalue weighted by Crippen LogP contribution is -2.13. The molecule has 1 aromatic heterocycles. The maximum atomic E-state index is 12.6. The van der Waals surface area contributed by atoms with E-state index in [2.05, 4.69) is 21.2 Å². The van der Waals surface area contributed by atoms with Gasteiger partial charge in [0.05, 0.1) is 16.7 Å². The van der Waals surface area contributed by atoms with E-state index in [0.29, 0.717) is 15.0 Å². The van der Waals surface area contributed by atoms with Gasteiger partial charge in [0.25, 0.3) is 5.91 Å². The number of esters is 1. The zero-order chi connectivity index (χ0) is 19.9. The summed E-state index contributed by atoms with van der Waals surface area (Å²) >= 11 is 4.66. The van der Waals surface area contributed by atoms with Gasteiger partial charge in [-0.1, -0.05) is 60.7 Å². The molecule has 0 aliphatic rings. The monoisotopic (exact) mass is 455 g/mol. The number of benzene rings is 2. The molecule has 3 rings (SSSR count).